The lowest BCUT2D eigenvalue weighted by atomic mass is 10.1. The number of benzene rings is 2. The fraction of sp³-hybridized carbons (Fsp3) is 0.250. The molecular formula is C16H16FNS. The average molecular weight is 273 g/mol. The molecule has 2 aromatic rings. The van der Waals surface area contributed by atoms with Gasteiger partial charge in [-0.05, 0) is 36.2 Å². The van der Waals surface area contributed by atoms with E-state index in [2.05, 4.69) is 29.2 Å². The Kier molecular flexibility index (Phi) is 3.47. The van der Waals surface area contributed by atoms with Gasteiger partial charge in [0.1, 0.15) is 5.82 Å². The Labute approximate surface area is 117 Å². The van der Waals surface area contributed by atoms with E-state index in [1.54, 1.807) is 12.1 Å². The second-order valence-electron chi connectivity index (χ2n) is 4.91. The van der Waals surface area contributed by atoms with Crippen molar-refractivity contribution < 1.29 is 4.39 Å². The van der Waals surface area contributed by atoms with E-state index in [1.165, 1.54) is 16.5 Å². The number of anilines is 1. The van der Waals surface area contributed by atoms with E-state index in [9.17, 15) is 4.39 Å². The number of rotatable bonds is 3. The van der Waals surface area contributed by atoms with Crippen LogP contribution in [0.4, 0.5) is 10.1 Å². The predicted molar refractivity (Wildman–Crippen MR) is 79.5 cm³/mol. The van der Waals surface area contributed by atoms with Crippen molar-refractivity contribution in [3.63, 3.8) is 0 Å². The number of hydrogen-bond acceptors (Lipinski definition) is 2. The van der Waals surface area contributed by atoms with Gasteiger partial charge >= 0.3 is 0 Å². The highest BCUT2D eigenvalue weighted by Crippen LogP contribution is 2.37. The van der Waals surface area contributed by atoms with E-state index in [1.807, 2.05) is 24.9 Å². The van der Waals surface area contributed by atoms with Crippen LogP contribution in [0.15, 0.2) is 53.4 Å². The molecule has 1 atom stereocenters. The molecule has 0 aliphatic carbocycles. The second-order valence-corrected chi connectivity index (χ2v) is 6.25. The van der Waals surface area contributed by atoms with Crippen molar-refractivity contribution in [1.82, 2.24) is 0 Å². The lowest BCUT2D eigenvalue weighted by Crippen LogP contribution is -2.26. The highest BCUT2D eigenvalue weighted by molar-refractivity contribution is 8.00. The standard InChI is InChI=1S/C16H16FNS/c1-18(14-7-4-6-13(17)10-14)11-15-9-12-5-2-3-8-16(12)19-15/h2-8,10,15H,9,11H2,1H3. The fourth-order valence-corrected chi connectivity index (χ4v) is 3.86. The van der Waals surface area contributed by atoms with Gasteiger partial charge in [-0.1, -0.05) is 24.3 Å². The summed E-state index contributed by atoms with van der Waals surface area (Å²) in [6, 6.07) is 15.4. The average Bonchev–Trinajstić information content (AvgIpc) is 2.80. The van der Waals surface area contributed by atoms with Gasteiger partial charge in [-0.2, -0.15) is 0 Å². The van der Waals surface area contributed by atoms with Gasteiger partial charge in [0.05, 0.1) is 0 Å². The van der Waals surface area contributed by atoms with Gasteiger partial charge in [-0.15, -0.1) is 11.8 Å². The summed E-state index contributed by atoms with van der Waals surface area (Å²) in [4.78, 5) is 3.52. The predicted octanol–water partition coefficient (Wildman–Crippen LogP) is 3.98. The summed E-state index contributed by atoms with van der Waals surface area (Å²) in [5.74, 6) is -0.174. The zero-order chi connectivity index (χ0) is 13.2. The Bertz CT molecular complexity index is 559. The molecule has 0 aromatic heterocycles. The highest BCUT2D eigenvalue weighted by Gasteiger charge is 2.23. The van der Waals surface area contributed by atoms with Crippen molar-refractivity contribution in [2.75, 3.05) is 18.5 Å². The molecule has 1 aliphatic rings. The number of nitrogens with zero attached hydrogens (tertiary/aromatic N) is 1. The summed E-state index contributed by atoms with van der Waals surface area (Å²) in [5.41, 5.74) is 2.38. The molecule has 1 unspecified atom stereocenters. The summed E-state index contributed by atoms with van der Waals surface area (Å²) in [6.07, 6.45) is 1.10. The first-order valence-electron chi connectivity index (χ1n) is 6.43. The topological polar surface area (TPSA) is 3.24 Å². The van der Waals surface area contributed by atoms with E-state index in [4.69, 9.17) is 0 Å². The third kappa shape index (κ3) is 2.76. The Morgan fingerprint density at radius 2 is 2.05 bits per heavy atom. The monoisotopic (exact) mass is 273 g/mol. The first-order valence-corrected chi connectivity index (χ1v) is 7.31. The summed E-state index contributed by atoms with van der Waals surface area (Å²) >= 11 is 1.93. The van der Waals surface area contributed by atoms with Crippen LogP contribution in [0.1, 0.15) is 5.56 Å². The molecule has 0 saturated heterocycles. The molecule has 1 aliphatic heterocycles. The molecular weight excluding hydrogens is 257 g/mol. The SMILES string of the molecule is CN(CC1Cc2ccccc2S1)c1cccc(F)c1. The lowest BCUT2D eigenvalue weighted by Gasteiger charge is -2.22. The van der Waals surface area contributed by atoms with Crippen LogP contribution in [-0.4, -0.2) is 18.8 Å². The van der Waals surface area contributed by atoms with Crippen molar-refractivity contribution in [3.05, 3.63) is 59.9 Å². The smallest absolute Gasteiger partial charge is 0.125 e. The molecule has 0 N–H and O–H groups in total. The van der Waals surface area contributed by atoms with Gasteiger partial charge in [0.15, 0.2) is 0 Å². The molecule has 0 radical (unpaired) electrons. The minimum absolute atomic E-state index is 0.174. The Morgan fingerprint density at radius 1 is 1.21 bits per heavy atom. The summed E-state index contributed by atoms with van der Waals surface area (Å²) in [7, 11) is 2.03. The van der Waals surface area contributed by atoms with Crippen molar-refractivity contribution in [2.45, 2.75) is 16.6 Å². The van der Waals surface area contributed by atoms with Gasteiger partial charge in [-0.3, -0.25) is 0 Å². The van der Waals surface area contributed by atoms with Crippen molar-refractivity contribution in [3.8, 4) is 0 Å². The minimum atomic E-state index is -0.174. The van der Waals surface area contributed by atoms with Crippen LogP contribution < -0.4 is 4.90 Å². The van der Waals surface area contributed by atoms with Crippen LogP contribution in [0.3, 0.4) is 0 Å². The maximum Gasteiger partial charge on any atom is 0.125 e. The Morgan fingerprint density at radius 3 is 2.84 bits per heavy atom. The van der Waals surface area contributed by atoms with Gasteiger partial charge in [0.2, 0.25) is 0 Å². The first kappa shape index (κ1) is 12.5. The van der Waals surface area contributed by atoms with Crippen LogP contribution >= 0.6 is 11.8 Å². The van der Waals surface area contributed by atoms with Gasteiger partial charge in [0.25, 0.3) is 0 Å². The zero-order valence-electron chi connectivity index (χ0n) is 10.8. The number of hydrogen-bond donors (Lipinski definition) is 0. The lowest BCUT2D eigenvalue weighted by molar-refractivity contribution is 0.627. The van der Waals surface area contributed by atoms with Gasteiger partial charge < -0.3 is 4.90 Å². The molecule has 1 heterocycles. The molecule has 0 bridgehead atoms. The quantitative estimate of drug-likeness (QED) is 0.832. The maximum atomic E-state index is 13.2. The van der Waals surface area contributed by atoms with E-state index < -0.39 is 0 Å². The summed E-state index contributed by atoms with van der Waals surface area (Å²) in [6.45, 7) is 0.933. The first-order chi connectivity index (χ1) is 9.22. The largest absolute Gasteiger partial charge is 0.373 e. The zero-order valence-corrected chi connectivity index (χ0v) is 11.7. The number of halogens is 1. The second kappa shape index (κ2) is 5.25. The van der Waals surface area contributed by atoms with Crippen LogP contribution in [0.2, 0.25) is 0 Å². The highest BCUT2D eigenvalue weighted by atomic mass is 32.2. The summed E-state index contributed by atoms with van der Waals surface area (Å²) < 4.78 is 13.2. The Balaban J connectivity index is 1.67. The van der Waals surface area contributed by atoms with E-state index in [0.717, 1.165) is 18.7 Å². The molecule has 0 spiro atoms. The molecule has 0 fully saturated rings. The van der Waals surface area contributed by atoms with Crippen molar-refractivity contribution >= 4 is 17.4 Å². The fourth-order valence-electron chi connectivity index (χ4n) is 2.48. The van der Waals surface area contributed by atoms with Crippen LogP contribution in [-0.2, 0) is 6.42 Å². The number of thioether (sulfide) groups is 1. The van der Waals surface area contributed by atoms with Crippen LogP contribution in [0.5, 0.6) is 0 Å². The molecule has 0 saturated carbocycles. The van der Waals surface area contributed by atoms with Gasteiger partial charge in [0, 0.05) is 29.4 Å². The molecule has 2 aromatic carbocycles. The molecule has 3 rings (SSSR count). The third-order valence-electron chi connectivity index (χ3n) is 3.44. The van der Waals surface area contributed by atoms with Gasteiger partial charge in [-0.25, -0.2) is 4.39 Å². The van der Waals surface area contributed by atoms with Crippen molar-refractivity contribution in [1.29, 1.82) is 0 Å². The van der Waals surface area contributed by atoms with Crippen molar-refractivity contribution in [2.24, 2.45) is 0 Å². The normalized spacial score (nSPS) is 17.3. The van der Waals surface area contributed by atoms with Crippen LogP contribution in [0, 0.1) is 5.82 Å². The summed E-state index contributed by atoms with van der Waals surface area (Å²) in [5, 5.41) is 0.547. The molecule has 98 valence electrons. The minimum Gasteiger partial charge on any atom is -0.373 e. The van der Waals surface area contributed by atoms with Crippen LogP contribution in [0.25, 0.3) is 0 Å². The Hall–Kier alpha value is -1.48. The third-order valence-corrected chi connectivity index (χ3v) is 4.74. The van der Waals surface area contributed by atoms with E-state index in [-0.39, 0.29) is 5.82 Å². The molecule has 3 heteroatoms. The molecule has 0 amide bonds. The molecule has 19 heavy (non-hydrogen) atoms. The molecule has 1 nitrogen and oxygen atoms in total. The van der Waals surface area contributed by atoms with E-state index in [0.29, 0.717) is 5.25 Å². The van der Waals surface area contributed by atoms with E-state index >= 15 is 0 Å². The number of fused-ring (bicyclic) bond motifs is 1. The maximum absolute atomic E-state index is 13.2.